The Morgan fingerprint density at radius 3 is 2.67 bits per heavy atom. The van der Waals surface area contributed by atoms with E-state index >= 15 is 0 Å². The van der Waals surface area contributed by atoms with E-state index in [0.29, 0.717) is 6.10 Å². The topological polar surface area (TPSA) is 9.23 Å². The third-order valence-electron chi connectivity index (χ3n) is 2.53. The minimum absolute atomic E-state index is 0.600. The fourth-order valence-corrected chi connectivity index (χ4v) is 1.93. The molecule has 0 aromatic heterocycles. The summed E-state index contributed by atoms with van der Waals surface area (Å²) in [7, 11) is 0. The highest BCUT2D eigenvalue weighted by Crippen LogP contribution is 2.23. The molecule has 1 nitrogen and oxygen atoms in total. The number of alkyl halides is 1. The predicted octanol–water partition coefficient (Wildman–Crippen LogP) is 3.37. The Balaban J connectivity index is 2.01. The van der Waals surface area contributed by atoms with Gasteiger partial charge in [-0.05, 0) is 31.6 Å². The van der Waals surface area contributed by atoms with Crippen molar-refractivity contribution < 1.29 is 4.74 Å². The van der Waals surface area contributed by atoms with E-state index < -0.39 is 0 Å². The Hall–Kier alpha value is 0.440. The number of halogens is 1. The van der Waals surface area contributed by atoms with E-state index in [4.69, 9.17) is 4.74 Å². The van der Waals surface area contributed by atoms with Gasteiger partial charge in [-0.2, -0.15) is 0 Å². The summed E-state index contributed by atoms with van der Waals surface area (Å²) in [4.78, 5) is 0. The van der Waals surface area contributed by atoms with E-state index in [9.17, 15) is 0 Å². The van der Waals surface area contributed by atoms with Gasteiger partial charge in [-0.1, -0.05) is 29.3 Å². The average Bonchev–Trinajstić information content (AvgIpc) is 2.00. The van der Waals surface area contributed by atoms with Crippen LogP contribution in [0.4, 0.5) is 0 Å². The first-order valence-electron chi connectivity index (χ1n) is 5.04. The molecule has 2 heteroatoms. The van der Waals surface area contributed by atoms with Gasteiger partial charge in [-0.3, -0.25) is 0 Å². The van der Waals surface area contributed by atoms with E-state index in [-0.39, 0.29) is 0 Å². The van der Waals surface area contributed by atoms with Crippen LogP contribution >= 0.6 is 15.9 Å². The van der Waals surface area contributed by atoms with Gasteiger partial charge in [0, 0.05) is 5.33 Å². The standard InChI is InChI=1S/C10H19BrO/c1-2-4-9(7-11)8-12-10-5-3-6-10/h9-10H,2-8H2,1H3. The summed E-state index contributed by atoms with van der Waals surface area (Å²) in [6.07, 6.45) is 7.12. The summed E-state index contributed by atoms with van der Waals surface area (Å²) in [5.74, 6) is 0.732. The molecule has 0 amide bonds. The van der Waals surface area contributed by atoms with Gasteiger partial charge in [0.05, 0.1) is 12.7 Å². The van der Waals surface area contributed by atoms with Crippen molar-refractivity contribution in [3.8, 4) is 0 Å². The molecule has 1 saturated carbocycles. The zero-order chi connectivity index (χ0) is 8.81. The molecule has 1 aliphatic rings. The number of hydrogen-bond acceptors (Lipinski definition) is 1. The molecular formula is C10H19BrO. The van der Waals surface area contributed by atoms with Crippen molar-refractivity contribution in [3.63, 3.8) is 0 Å². The molecule has 0 aromatic rings. The maximum atomic E-state index is 5.75. The second-order valence-electron chi connectivity index (χ2n) is 3.70. The van der Waals surface area contributed by atoms with Gasteiger partial charge in [-0.15, -0.1) is 0 Å². The van der Waals surface area contributed by atoms with E-state index in [1.807, 2.05) is 0 Å². The zero-order valence-corrected chi connectivity index (χ0v) is 9.48. The van der Waals surface area contributed by atoms with Gasteiger partial charge in [0.1, 0.15) is 0 Å². The van der Waals surface area contributed by atoms with Crippen LogP contribution in [0.2, 0.25) is 0 Å². The fourth-order valence-electron chi connectivity index (χ4n) is 1.42. The van der Waals surface area contributed by atoms with Crippen LogP contribution < -0.4 is 0 Å². The lowest BCUT2D eigenvalue weighted by molar-refractivity contribution is -0.0134. The van der Waals surface area contributed by atoms with E-state index in [1.54, 1.807) is 0 Å². The first kappa shape index (κ1) is 10.5. The van der Waals surface area contributed by atoms with Crippen molar-refractivity contribution in [2.24, 2.45) is 5.92 Å². The second-order valence-corrected chi connectivity index (χ2v) is 4.34. The quantitative estimate of drug-likeness (QED) is 0.641. The summed E-state index contributed by atoms with van der Waals surface area (Å²) in [5.41, 5.74) is 0. The minimum Gasteiger partial charge on any atom is -0.378 e. The molecule has 0 aromatic carbocycles. The highest BCUT2D eigenvalue weighted by Gasteiger charge is 2.19. The molecule has 1 atom stereocenters. The lowest BCUT2D eigenvalue weighted by Gasteiger charge is -2.27. The lowest BCUT2D eigenvalue weighted by Crippen LogP contribution is -2.25. The molecule has 1 fully saturated rings. The van der Waals surface area contributed by atoms with Gasteiger partial charge in [-0.25, -0.2) is 0 Å². The van der Waals surface area contributed by atoms with Gasteiger partial charge in [0.25, 0.3) is 0 Å². The minimum atomic E-state index is 0.600. The SMILES string of the molecule is CCCC(CBr)COC1CCC1. The number of rotatable bonds is 6. The molecule has 1 aliphatic carbocycles. The number of ether oxygens (including phenoxy) is 1. The van der Waals surface area contributed by atoms with Gasteiger partial charge < -0.3 is 4.74 Å². The smallest absolute Gasteiger partial charge is 0.0575 e. The van der Waals surface area contributed by atoms with Crippen LogP contribution in [-0.4, -0.2) is 18.0 Å². The van der Waals surface area contributed by atoms with Crippen molar-refractivity contribution in [2.45, 2.75) is 45.1 Å². The summed E-state index contributed by atoms with van der Waals surface area (Å²) in [6, 6.07) is 0. The van der Waals surface area contributed by atoms with Crippen LogP contribution in [-0.2, 0) is 4.74 Å². The highest BCUT2D eigenvalue weighted by atomic mass is 79.9. The second kappa shape index (κ2) is 5.98. The summed E-state index contributed by atoms with van der Waals surface area (Å²) in [6.45, 7) is 3.20. The molecule has 0 heterocycles. The fraction of sp³-hybridized carbons (Fsp3) is 1.00. The summed E-state index contributed by atoms with van der Waals surface area (Å²) >= 11 is 3.53. The van der Waals surface area contributed by atoms with Crippen molar-refractivity contribution in [2.75, 3.05) is 11.9 Å². The predicted molar refractivity (Wildman–Crippen MR) is 55.8 cm³/mol. The molecule has 0 aliphatic heterocycles. The normalized spacial score (nSPS) is 20.5. The van der Waals surface area contributed by atoms with Crippen molar-refractivity contribution in [1.29, 1.82) is 0 Å². The molecule has 1 rings (SSSR count). The summed E-state index contributed by atoms with van der Waals surface area (Å²) < 4.78 is 5.75. The Bertz CT molecular complexity index is 112. The van der Waals surface area contributed by atoms with Gasteiger partial charge >= 0.3 is 0 Å². The third-order valence-corrected chi connectivity index (χ3v) is 3.45. The Morgan fingerprint density at radius 2 is 2.25 bits per heavy atom. The van der Waals surface area contributed by atoms with E-state index in [0.717, 1.165) is 17.9 Å². The first-order valence-corrected chi connectivity index (χ1v) is 6.16. The van der Waals surface area contributed by atoms with Crippen LogP contribution in [0.1, 0.15) is 39.0 Å². The Kier molecular flexibility index (Phi) is 5.24. The monoisotopic (exact) mass is 234 g/mol. The van der Waals surface area contributed by atoms with Gasteiger partial charge in [0.2, 0.25) is 0 Å². The molecule has 0 saturated heterocycles. The molecule has 0 spiro atoms. The number of hydrogen-bond donors (Lipinski definition) is 0. The van der Waals surface area contributed by atoms with Gasteiger partial charge in [0.15, 0.2) is 0 Å². The molecule has 1 unspecified atom stereocenters. The van der Waals surface area contributed by atoms with Crippen LogP contribution in [0.15, 0.2) is 0 Å². The summed E-state index contributed by atoms with van der Waals surface area (Å²) in [5, 5.41) is 1.09. The molecule has 0 N–H and O–H groups in total. The van der Waals surface area contributed by atoms with Crippen LogP contribution in [0.3, 0.4) is 0 Å². The Morgan fingerprint density at radius 1 is 1.50 bits per heavy atom. The molecule has 12 heavy (non-hydrogen) atoms. The molecule has 0 radical (unpaired) electrons. The largest absolute Gasteiger partial charge is 0.378 e. The molecular weight excluding hydrogens is 216 g/mol. The third kappa shape index (κ3) is 3.44. The highest BCUT2D eigenvalue weighted by molar-refractivity contribution is 9.09. The molecule has 0 bridgehead atoms. The van der Waals surface area contributed by atoms with Crippen LogP contribution in [0.25, 0.3) is 0 Å². The Labute approximate surface area is 84.0 Å². The maximum Gasteiger partial charge on any atom is 0.0575 e. The maximum absolute atomic E-state index is 5.75. The van der Waals surface area contributed by atoms with E-state index in [1.165, 1.54) is 32.1 Å². The lowest BCUT2D eigenvalue weighted by atomic mass is 9.96. The van der Waals surface area contributed by atoms with E-state index in [2.05, 4.69) is 22.9 Å². The zero-order valence-electron chi connectivity index (χ0n) is 7.89. The first-order chi connectivity index (χ1) is 5.86. The van der Waals surface area contributed by atoms with Crippen LogP contribution in [0, 0.1) is 5.92 Å². The van der Waals surface area contributed by atoms with Crippen LogP contribution in [0.5, 0.6) is 0 Å². The average molecular weight is 235 g/mol. The van der Waals surface area contributed by atoms with Crippen molar-refractivity contribution in [3.05, 3.63) is 0 Å². The van der Waals surface area contributed by atoms with Crippen molar-refractivity contribution in [1.82, 2.24) is 0 Å². The molecule has 72 valence electrons. The van der Waals surface area contributed by atoms with Crippen molar-refractivity contribution >= 4 is 15.9 Å².